The molecule has 0 bridgehead atoms. The molecular formula is C23H27NO4. The van der Waals surface area contributed by atoms with Gasteiger partial charge in [-0.3, -0.25) is 4.79 Å². The molecule has 0 unspecified atom stereocenters. The molecule has 1 amide bonds. The SMILES string of the molecule is COc1c(C)c(C)c(OC)c(Cc2ccc3oc(C(=O)N(C)C)cc3c2)c1C. The van der Waals surface area contributed by atoms with E-state index in [1.165, 1.54) is 4.90 Å². The van der Waals surface area contributed by atoms with E-state index in [1.807, 2.05) is 19.1 Å². The highest BCUT2D eigenvalue weighted by atomic mass is 16.5. The van der Waals surface area contributed by atoms with E-state index in [2.05, 4.69) is 19.9 Å². The van der Waals surface area contributed by atoms with Gasteiger partial charge in [0.1, 0.15) is 17.1 Å². The number of fused-ring (bicyclic) bond motifs is 1. The first-order valence-electron chi connectivity index (χ1n) is 9.23. The van der Waals surface area contributed by atoms with Gasteiger partial charge < -0.3 is 18.8 Å². The van der Waals surface area contributed by atoms with Crippen LogP contribution in [-0.4, -0.2) is 39.1 Å². The largest absolute Gasteiger partial charge is 0.496 e. The summed E-state index contributed by atoms with van der Waals surface area (Å²) in [5.74, 6) is 2.00. The lowest BCUT2D eigenvalue weighted by Gasteiger charge is -2.20. The number of carbonyl (C=O) groups is 1. The Balaban J connectivity index is 2.05. The molecule has 0 aliphatic carbocycles. The molecule has 0 radical (unpaired) electrons. The van der Waals surface area contributed by atoms with Gasteiger partial charge in [-0.15, -0.1) is 0 Å². The fourth-order valence-electron chi connectivity index (χ4n) is 3.68. The summed E-state index contributed by atoms with van der Waals surface area (Å²) >= 11 is 0. The maximum absolute atomic E-state index is 12.2. The second kappa shape index (κ2) is 7.58. The summed E-state index contributed by atoms with van der Waals surface area (Å²) in [6.07, 6.45) is 0.699. The topological polar surface area (TPSA) is 51.9 Å². The van der Waals surface area contributed by atoms with Crippen LogP contribution in [0.3, 0.4) is 0 Å². The van der Waals surface area contributed by atoms with Gasteiger partial charge in [-0.1, -0.05) is 6.07 Å². The van der Waals surface area contributed by atoms with E-state index in [0.717, 1.165) is 44.7 Å². The van der Waals surface area contributed by atoms with E-state index >= 15 is 0 Å². The first kappa shape index (κ1) is 19.8. The zero-order valence-electron chi connectivity index (χ0n) is 17.6. The number of hydrogen-bond donors (Lipinski definition) is 0. The number of hydrogen-bond acceptors (Lipinski definition) is 4. The van der Waals surface area contributed by atoms with E-state index in [4.69, 9.17) is 13.9 Å². The third kappa shape index (κ3) is 3.33. The second-order valence-corrected chi connectivity index (χ2v) is 7.28. The van der Waals surface area contributed by atoms with Crippen LogP contribution in [-0.2, 0) is 6.42 Å². The minimum Gasteiger partial charge on any atom is -0.496 e. The number of furan rings is 1. The molecule has 28 heavy (non-hydrogen) atoms. The summed E-state index contributed by atoms with van der Waals surface area (Å²) < 4.78 is 17.1. The summed E-state index contributed by atoms with van der Waals surface area (Å²) in [5.41, 5.74) is 6.19. The monoisotopic (exact) mass is 381 g/mol. The van der Waals surface area contributed by atoms with Gasteiger partial charge in [0.05, 0.1) is 14.2 Å². The van der Waals surface area contributed by atoms with Crippen LogP contribution in [0.1, 0.15) is 38.4 Å². The molecule has 1 aromatic heterocycles. The maximum Gasteiger partial charge on any atom is 0.289 e. The molecule has 3 aromatic rings. The lowest BCUT2D eigenvalue weighted by Crippen LogP contribution is -2.20. The molecule has 0 fully saturated rings. The second-order valence-electron chi connectivity index (χ2n) is 7.28. The van der Waals surface area contributed by atoms with E-state index in [0.29, 0.717) is 17.8 Å². The van der Waals surface area contributed by atoms with Gasteiger partial charge in [0.25, 0.3) is 5.91 Å². The van der Waals surface area contributed by atoms with Crippen molar-refractivity contribution in [1.29, 1.82) is 0 Å². The molecule has 0 spiro atoms. The summed E-state index contributed by atoms with van der Waals surface area (Å²) in [4.78, 5) is 13.7. The highest BCUT2D eigenvalue weighted by molar-refractivity contribution is 5.96. The molecule has 0 saturated carbocycles. The Morgan fingerprint density at radius 2 is 1.61 bits per heavy atom. The predicted molar refractivity (Wildman–Crippen MR) is 111 cm³/mol. The number of amides is 1. The summed E-state index contributed by atoms with van der Waals surface area (Å²) in [6, 6.07) is 7.80. The highest BCUT2D eigenvalue weighted by Gasteiger charge is 2.20. The number of rotatable bonds is 5. The number of ether oxygens (including phenoxy) is 2. The van der Waals surface area contributed by atoms with Crippen LogP contribution in [0.2, 0.25) is 0 Å². The third-order valence-electron chi connectivity index (χ3n) is 5.30. The number of carbonyl (C=O) groups excluding carboxylic acids is 1. The van der Waals surface area contributed by atoms with E-state index in [9.17, 15) is 4.79 Å². The van der Waals surface area contributed by atoms with Crippen LogP contribution in [0.15, 0.2) is 28.7 Å². The summed E-state index contributed by atoms with van der Waals surface area (Å²) in [5, 5.41) is 0.912. The minimum absolute atomic E-state index is 0.144. The van der Waals surface area contributed by atoms with Crippen molar-refractivity contribution in [2.45, 2.75) is 27.2 Å². The summed E-state index contributed by atoms with van der Waals surface area (Å²) in [6.45, 7) is 6.17. The van der Waals surface area contributed by atoms with Gasteiger partial charge in [0.2, 0.25) is 0 Å². The quantitative estimate of drug-likeness (QED) is 0.645. The van der Waals surface area contributed by atoms with Crippen molar-refractivity contribution in [3.8, 4) is 11.5 Å². The Hall–Kier alpha value is -2.95. The Bertz CT molecular complexity index is 1050. The van der Waals surface area contributed by atoms with E-state index < -0.39 is 0 Å². The van der Waals surface area contributed by atoms with Crippen molar-refractivity contribution < 1.29 is 18.7 Å². The first-order valence-corrected chi connectivity index (χ1v) is 9.23. The smallest absolute Gasteiger partial charge is 0.289 e. The molecule has 0 saturated heterocycles. The fraction of sp³-hybridized carbons (Fsp3) is 0.348. The first-order chi connectivity index (χ1) is 13.3. The number of nitrogens with zero attached hydrogens (tertiary/aromatic N) is 1. The third-order valence-corrected chi connectivity index (χ3v) is 5.30. The van der Waals surface area contributed by atoms with Gasteiger partial charge in [0, 0.05) is 31.5 Å². The van der Waals surface area contributed by atoms with Crippen LogP contribution < -0.4 is 9.47 Å². The lowest BCUT2D eigenvalue weighted by atomic mass is 9.92. The fourth-order valence-corrected chi connectivity index (χ4v) is 3.68. The van der Waals surface area contributed by atoms with Gasteiger partial charge in [-0.25, -0.2) is 0 Å². The van der Waals surface area contributed by atoms with Gasteiger partial charge >= 0.3 is 0 Å². The van der Waals surface area contributed by atoms with Crippen molar-refractivity contribution in [2.75, 3.05) is 28.3 Å². The predicted octanol–water partition coefficient (Wildman–Crippen LogP) is 4.67. The van der Waals surface area contributed by atoms with Crippen molar-refractivity contribution in [2.24, 2.45) is 0 Å². The van der Waals surface area contributed by atoms with E-state index in [-0.39, 0.29) is 5.91 Å². The minimum atomic E-state index is -0.144. The Morgan fingerprint density at radius 3 is 2.21 bits per heavy atom. The van der Waals surface area contributed by atoms with Crippen LogP contribution in [0.4, 0.5) is 0 Å². The zero-order chi connectivity index (χ0) is 20.6. The van der Waals surface area contributed by atoms with Crippen LogP contribution in [0.5, 0.6) is 11.5 Å². The standard InChI is InChI=1S/C23H27NO4/c1-13-14(2)22(27-7)18(15(3)21(13)26-6)11-16-8-9-19-17(10-16)12-20(28-19)23(25)24(4)5/h8-10,12H,11H2,1-7H3. The average Bonchev–Trinajstić information content (AvgIpc) is 3.09. The average molecular weight is 381 g/mol. The van der Waals surface area contributed by atoms with Crippen molar-refractivity contribution in [3.05, 3.63) is 57.8 Å². The molecule has 0 N–H and O–H groups in total. The highest BCUT2D eigenvalue weighted by Crippen LogP contribution is 2.39. The molecule has 1 heterocycles. The van der Waals surface area contributed by atoms with Gasteiger partial charge in [-0.05, 0) is 61.2 Å². The molecule has 0 aliphatic rings. The van der Waals surface area contributed by atoms with Crippen molar-refractivity contribution in [3.63, 3.8) is 0 Å². The van der Waals surface area contributed by atoms with Gasteiger partial charge in [-0.2, -0.15) is 0 Å². The molecule has 2 aromatic carbocycles. The maximum atomic E-state index is 12.2. The van der Waals surface area contributed by atoms with Crippen LogP contribution >= 0.6 is 0 Å². The molecule has 5 heteroatoms. The van der Waals surface area contributed by atoms with E-state index in [1.54, 1.807) is 34.4 Å². The Labute approximate surface area is 165 Å². The summed E-state index contributed by atoms with van der Waals surface area (Å²) in [7, 11) is 6.83. The molecule has 5 nitrogen and oxygen atoms in total. The number of methoxy groups -OCH3 is 2. The molecular weight excluding hydrogens is 354 g/mol. The normalized spacial score (nSPS) is 11.0. The Morgan fingerprint density at radius 1 is 0.964 bits per heavy atom. The zero-order valence-corrected chi connectivity index (χ0v) is 17.6. The van der Waals surface area contributed by atoms with Crippen LogP contribution in [0, 0.1) is 20.8 Å². The number of benzene rings is 2. The molecule has 148 valence electrons. The van der Waals surface area contributed by atoms with Gasteiger partial charge in [0.15, 0.2) is 5.76 Å². The lowest BCUT2D eigenvalue weighted by molar-refractivity contribution is 0.0799. The van der Waals surface area contributed by atoms with Crippen LogP contribution in [0.25, 0.3) is 11.0 Å². The molecule has 0 aliphatic heterocycles. The van der Waals surface area contributed by atoms with Crippen molar-refractivity contribution >= 4 is 16.9 Å². The molecule has 0 atom stereocenters. The molecule has 3 rings (SSSR count). The van der Waals surface area contributed by atoms with Crippen molar-refractivity contribution in [1.82, 2.24) is 4.90 Å². The Kier molecular flexibility index (Phi) is 5.36.